The molecule has 0 saturated heterocycles. The smallest absolute Gasteiger partial charge is 0.339 e. The molecule has 0 unspecified atom stereocenters. The third-order valence-electron chi connectivity index (χ3n) is 7.68. The summed E-state index contributed by atoms with van der Waals surface area (Å²) < 4.78 is 39.7. The summed E-state index contributed by atoms with van der Waals surface area (Å²) in [6.07, 6.45) is 1.58. The minimum atomic E-state index is -1.22. The summed E-state index contributed by atoms with van der Waals surface area (Å²) in [5.74, 6) is -1.11. The zero-order valence-electron chi connectivity index (χ0n) is 23.7. The van der Waals surface area contributed by atoms with Gasteiger partial charge in [-0.3, -0.25) is 4.98 Å². The molecule has 0 aliphatic heterocycles. The van der Waals surface area contributed by atoms with Crippen molar-refractivity contribution in [1.82, 2.24) is 29.9 Å². The Kier molecular flexibility index (Phi) is 8.98. The van der Waals surface area contributed by atoms with Gasteiger partial charge in [-0.2, -0.15) is 0 Å². The van der Waals surface area contributed by atoms with E-state index in [2.05, 4.69) is 30.6 Å². The quantitative estimate of drug-likeness (QED) is 0.0913. The summed E-state index contributed by atoms with van der Waals surface area (Å²) >= 11 is 1.46. The number of pyridine rings is 1. The molecule has 4 aromatic rings. The maximum Gasteiger partial charge on any atom is 0.339 e. The summed E-state index contributed by atoms with van der Waals surface area (Å²) in [6, 6.07) is 6.37. The largest absolute Gasteiger partial charge is 0.460 e. The van der Waals surface area contributed by atoms with Crippen LogP contribution >= 0.6 is 11.8 Å². The summed E-state index contributed by atoms with van der Waals surface area (Å²) in [4.78, 5) is 25.3. The average molecular weight is 628 g/mol. The van der Waals surface area contributed by atoms with Gasteiger partial charge in [0.2, 0.25) is 0 Å². The number of carbonyl (C=O) groups excluding carboxylic acids is 1. The summed E-state index contributed by atoms with van der Waals surface area (Å²) in [5, 5.41) is 34.2. The lowest BCUT2D eigenvalue weighted by Crippen LogP contribution is -2.33. The highest BCUT2D eigenvalue weighted by atomic mass is 32.2. The van der Waals surface area contributed by atoms with E-state index in [0.717, 1.165) is 18.2 Å². The van der Waals surface area contributed by atoms with Gasteiger partial charge >= 0.3 is 5.97 Å². The second kappa shape index (κ2) is 13.1. The fraction of sp³-hybridized carbons (Fsp3) is 0.448. The Labute approximate surface area is 255 Å². The number of aliphatic hydroxyl groups is 2. The number of hydrogen-bond donors (Lipinski definition) is 3. The third kappa shape index (κ3) is 6.36. The van der Waals surface area contributed by atoms with Crippen molar-refractivity contribution in [1.29, 1.82) is 0 Å². The molecule has 0 spiro atoms. The molecule has 2 saturated carbocycles. The van der Waals surface area contributed by atoms with E-state index in [0.29, 0.717) is 39.7 Å². The first-order valence-electron chi connectivity index (χ1n) is 14.4. The summed E-state index contributed by atoms with van der Waals surface area (Å²) in [5.41, 5.74) is 1.77. The molecule has 3 aromatic heterocycles. The molecular weight excluding hydrogens is 596 g/mol. The molecule has 1 aromatic carbocycles. The van der Waals surface area contributed by atoms with Crippen LogP contribution in [0, 0.1) is 11.6 Å². The predicted molar refractivity (Wildman–Crippen MR) is 155 cm³/mol. The minimum absolute atomic E-state index is 0.0137. The van der Waals surface area contributed by atoms with Crippen molar-refractivity contribution in [2.45, 2.75) is 67.7 Å². The zero-order chi connectivity index (χ0) is 30.8. The highest BCUT2D eigenvalue weighted by molar-refractivity contribution is 7.99. The van der Waals surface area contributed by atoms with Crippen LogP contribution in [0.5, 0.6) is 0 Å². The highest BCUT2D eigenvalue weighted by Crippen LogP contribution is 2.44. The number of anilines is 1. The molecule has 2 fully saturated rings. The number of hydrogen-bond acceptors (Lipinski definition) is 12. The van der Waals surface area contributed by atoms with Gasteiger partial charge in [-0.15, -0.1) is 5.10 Å². The van der Waals surface area contributed by atoms with Crippen molar-refractivity contribution in [2.75, 3.05) is 24.3 Å². The Morgan fingerprint density at radius 1 is 1.14 bits per heavy atom. The highest BCUT2D eigenvalue weighted by Gasteiger charge is 2.45. The molecule has 12 nitrogen and oxygen atoms in total. The van der Waals surface area contributed by atoms with Crippen LogP contribution in [0.4, 0.5) is 14.6 Å². The number of esters is 1. The van der Waals surface area contributed by atoms with E-state index in [4.69, 9.17) is 9.47 Å². The van der Waals surface area contributed by atoms with E-state index < -0.39 is 42.0 Å². The fourth-order valence-corrected chi connectivity index (χ4v) is 6.00. The maximum absolute atomic E-state index is 13.8. The van der Waals surface area contributed by atoms with Crippen LogP contribution in [0.2, 0.25) is 0 Å². The minimum Gasteiger partial charge on any atom is -0.460 e. The van der Waals surface area contributed by atoms with Gasteiger partial charge in [0, 0.05) is 36.5 Å². The standard InChI is InChI=1S/C29H31F2N7O5S/c1-2-10-44-29-34-26(33-20-12-17(20)15-5-6-18(30)19(31)11-15)23-27(35-29)38(37-36-23)21-13-22(25(40)24(21)39)42-8-9-43-28(41)16-4-3-7-32-14-16/h3-7,11,14,17,20-22,24-25,39-40H,2,8-10,12-13H2,1H3,(H,33,34,35)/t17-,20+,21+,22-,24-,25+/m0/s1. The number of nitrogens with one attached hydrogen (secondary N) is 1. The number of nitrogens with zero attached hydrogens (tertiary/aromatic N) is 6. The normalized spacial score (nSPS) is 24.5. The van der Waals surface area contributed by atoms with Crippen LogP contribution in [0.1, 0.15) is 54.1 Å². The van der Waals surface area contributed by atoms with Gasteiger partial charge in [0.15, 0.2) is 33.8 Å². The van der Waals surface area contributed by atoms with Crippen molar-refractivity contribution in [3.63, 3.8) is 0 Å². The van der Waals surface area contributed by atoms with Crippen molar-refractivity contribution >= 4 is 34.7 Å². The van der Waals surface area contributed by atoms with E-state index in [1.165, 1.54) is 28.7 Å². The molecule has 0 bridgehead atoms. The fourth-order valence-electron chi connectivity index (χ4n) is 5.31. The number of aliphatic hydroxyl groups excluding tert-OH is 2. The Hall–Kier alpha value is -3.79. The van der Waals surface area contributed by atoms with E-state index in [1.54, 1.807) is 24.4 Å². The van der Waals surface area contributed by atoms with Crippen LogP contribution in [0.15, 0.2) is 47.9 Å². The van der Waals surface area contributed by atoms with E-state index in [-0.39, 0.29) is 31.6 Å². The molecule has 44 heavy (non-hydrogen) atoms. The lowest BCUT2D eigenvalue weighted by Gasteiger charge is -2.17. The molecule has 3 heterocycles. The second-order valence-corrected chi connectivity index (χ2v) is 11.8. The number of halogens is 2. The van der Waals surface area contributed by atoms with E-state index in [1.807, 2.05) is 6.92 Å². The first-order valence-corrected chi connectivity index (χ1v) is 15.3. The number of carbonyl (C=O) groups is 1. The maximum atomic E-state index is 13.8. The van der Waals surface area contributed by atoms with Crippen LogP contribution in [-0.4, -0.2) is 89.4 Å². The number of aromatic nitrogens is 6. The number of fused-ring (bicyclic) bond motifs is 1. The van der Waals surface area contributed by atoms with Crippen molar-refractivity contribution in [2.24, 2.45) is 0 Å². The van der Waals surface area contributed by atoms with E-state index in [9.17, 15) is 23.8 Å². The molecule has 2 aliphatic rings. The van der Waals surface area contributed by atoms with Crippen LogP contribution in [-0.2, 0) is 9.47 Å². The zero-order valence-corrected chi connectivity index (χ0v) is 24.5. The molecule has 0 radical (unpaired) electrons. The molecule has 232 valence electrons. The lowest BCUT2D eigenvalue weighted by molar-refractivity contribution is -0.0649. The Balaban J connectivity index is 1.15. The number of ether oxygens (including phenoxy) is 2. The monoisotopic (exact) mass is 627 g/mol. The molecule has 3 N–H and O–H groups in total. The van der Waals surface area contributed by atoms with Gasteiger partial charge in [-0.05, 0) is 42.7 Å². The SMILES string of the molecule is CCCSc1nc(N[C@@H]2C[C@H]2c2ccc(F)c(F)c2)c2nnn([C@@H]3C[C@H](OCCOC(=O)c4cccnc4)[C@@H](O)[C@H]3O)c2n1. The molecule has 0 amide bonds. The van der Waals surface area contributed by atoms with Crippen molar-refractivity contribution < 1.29 is 33.3 Å². The lowest BCUT2D eigenvalue weighted by atomic mass is 10.1. The van der Waals surface area contributed by atoms with Crippen LogP contribution in [0.25, 0.3) is 11.2 Å². The third-order valence-corrected chi connectivity index (χ3v) is 8.73. The van der Waals surface area contributed by atoms with Gasteiger partial charge < -0.3 is 25.0 Å². The van der Waals surface area contributed by atoms with Gasteiger partial charge in [-0.25, -0.2) is 28.2 Å². The first-order chi connectivity index (χ1) is 21.3. The molecule has 6 atom stereocenters. The van der Waals surface area contributed by atoms with Gasteiger partial charge in [0.1, 0.15) is 18.8 Å². The van der Waals surface area contributed by atoms with E-state index >= 15 is 0 Å². The van der Waals surface area contributed by atoms with Crippen molar-refractivity contribution in [3.05, 3.63) is 65.5 Å². The van der Waals surface area contributed by atoms with Crippen LogP contribution < -0.4 is 5.32 Å². The molecule has 15 heteroatoms. The average Bonchev–Trinajstić information content (AvgIpc) is 3.58. The first kappa shape index (κ1) is 30.2. The predicted octanol–water partition coefficient (Wildman–Crippen LogP) is 3.27. The Bertz CT molecular complexity index is 1630. The molecule has 6 rings (SSSR count). The Morgan fingerprint density at radius 2 is 2.00 bits per heavy atom. The van der Waals surface area contributed by atoms with Crippen molar-refractivity contribution in [3.8, 4) is 0 Å². The second-order valence-electron chi connectivity index (χ2n) is 10.7. The van der Waals surface area contributed by atoms with Gasteiger partial charge in [0.25, 0.3) is 0 Å². The summed E-state index contributed by atoms with van der Waals surface area (Å²) in [6.45, 7) is 2.01. The van der Waals surface area contributed by atoms with Crippen LogP contribution in [0.3, 0.4) is 0 Å². The van der Waals surface area contributed by atoms with Gasteiger partial charge in [-0.1, -0.05) is 30.0 Å². The Morgan fingerprint density at radius 3 is 2.77 bits per heavy atom. The topological polar surface area (TPSA) is 157 Å². The molecular formula is C29H31F2N7O5S. The molecule has 2 aliphatic carbocycles. The van der Waals surface area contributed by atoms with Gasteiger partial charge in [0.05, 0.1) is 24.3 Å². The number of thioether (sulfide) groups is 1. The summed E-state index contributed by atoms with van der Waals surface area (Å²) in [7, 11) is 0. The number of benzene rings is 1. The number of rotatable bonds is 12.